The van der Waals surface area contributed by atoms with Crippen LogP contribution in [0, 0.1) is 40.7 Å². The minimum atomic E-state index is -5.06. The van der Waals surface area contributed by atoms with Crippen molar-refractivity contribution in [1.29, 1.82) is 0 Å². The molecule has 9 rings (SSSR count). The summed E-state index contributed by atoms with van der Waals surface area (Å²) < 4.78 is 162. The SMILES string of the molecule is COc1cc(Cl)c(F)cc1-c1nccc2cc(S(=O)(=O)Cc3nncs3)ccc12.COc1cc(Cl)c(F)cc1-c1nccc2cc(S(=O)(=O)Oc3c(F)c(F)c(F)c(F)c3F)ccc12.Nc1nncs1.O=CO[O-].[Cs+].[Cs+].[H-]. The van der Waals surface area contributed by atoms with Gasteiger partial charge in [0, 0.05) is 46.4 Å². The van der Waals surface area contributed by atoms with E-state index >= 15 is 0 Å². The van der Waals surface area contributed by atoms with Crippen LogP contribution >= 0.6 is 45.9 Å². The fraction of sp³-hybridized carbons (Fsp3) is 0.0682. The molecule has 0 amide bonds. The number of nitrogens with two attached hydrogens (primary N) is 1. The summed E-state index contributed by atoms with van der Waals surface area (Å²) in [5.74, 6) is -15.1. The molecule has 32 heteroatoms. The average Bonchev–Trinajstić information content (AvgIpc) is 4.11. The fourth-order valence-electron chi connectivity index (χ4n) is 6.36. The maximum Gasteiger partial charge on any atom is 1.00 e. The predicted octanol–water partition coefficient (Wildman–Crippen LogP) is 3.37. The molecule has 2 N–H and O–H groups in total. The summed E-state index contributed by atoms with van der Waals surface area (Å²) in [6.45, 7) is -0.181. The number of nitrogen functional groups attached to an aromatic ring is 1. The van der Waals surface area contributed by atoms with Gasteiger partial charge in [0.1, 0.15) is 49.8 Å². The van der Waals surface area contributed by atoms with Crippen molar-refractivity contribution < 1.29 is 215 Å². The number of methoxy groups -OCH3 is 2. The molecule has 0 fully saturated rings. The zero-order chi connectivity index (χ0) is 54.1. The first-order valence-electron chi connectivity index (χ1n) is 19.7. The Bertz CT molecular complexity index is 3740. The second-order valence-electron chi connectivity index (χ2n) is 14.0. The van der Waals surface area contributed by atoms with Gasteiger partial charge in [-0.15, -0.1) is 31.7 Å². The van der Waals surface area contributed by atoms with E-state index in [9.17, 15) is 47.6 Å². The third-order valence-corrected chi connectivity index (χ3v) is 14.4. The molecule has 5 aromatic carbocycles. The van der Waals surface area contributed by atoms with Crippen LogP contribution in [-0.4, -0.2) is 67.9 Å². The van der Waals surface area contributed by atoms with E-state index in [1.165, 1.54) is 91.2 Å². The second-order valence-corrected chi connectivity index (χ2v) is 20.1. The van der Waals surface area contributed by atoms with Gasteiger partial charge in [-0.3, -0.25) is 14.8 Å². The van der Waals surface area contributed by atoms with Gasteiger partial charge >= 0.3 is 148 Å². The van der Waals surface area contributed by atoms with E-state index in [-0.39, 0.29) is 189 Å². The Balaban J connectivity index is 0.000000335. The summed E-state index contributed by atoms with van der Waals surface area (Å²) in [5, 5.41) is 25.3. The number of benzene rings is 5. The van der Waals surface area contributed by atoms with Gasteiger partial charge in [0.25, 0.3) is 6.47 Å². The molecule has 0 spiro atoms. The van der Waals surface area contributed by atoms with E-state index in [1.54, 1.807) is 23.7 Å². The number of nitrogens with zero attached hydrogens (tertiary/aromatic N) is 6. The average molecular weight is 1410 g/mol. The third-order valence-electron chi connectivity index (χ3n) is 9.61. The molecule has 0 saturated carbocycles. The summed E-state index contributed by atoms with van der Waals surface area (Å²) in [5.41, 5.74) is 9.45. The van der Waals surface area contributed by atoms with Crippen molar-refractivity contribution in [3.63, 3.8) is 0 Å². The minimum absolute atomic E-state index is 0. The van der Waals surface area contributed by atoms with Gasteiger partial charge in [-0.05, 0) is 59.3 Å². The molecule has 9 aromatic rings. The zero-order valence-electron chi connectivity index (χ0n) is 39.9. The Morgan fingerprint density at radius 2 is 1.11 bits per heavy atom. The number of rotatable bonds is 11. The molecule has 0 atom stereocenters. The molecule has 0 radical (unpaired) electrons. The van der Waals surface area contributed by atoms with Crippen molar-refractivity contribution in [3.8, 4) is 39.8 Å². The molecule has 388 valence electrons. The Labute approximate surface area is 562 Å². The summed E-state index contributed by atoms with van der Waals surface area (Å²) >= 11 is 14.1. The molecule has 4 heterocycles. The maximum absolute atomic E-state index is 14.1. The van der Waals surface area contributed by atoms with E-state index in [1.807, 2.05) is 0 Å². The predicted molar refractivity (Wildman–Crippen MR) is 255 cm³/mol. The van der Waals surface area contributed by atoms with Crippen LogP contribution in [0.5, 0.6) is 17.2 Å². The molecule has 0 aliphatic heterocycles. The summed E-state index contributed by atoms with van der Waals surface area (Å²) in [7, 11) is -5.88. The largest absolute Gasteiger partial charge is 1.00 e. The van der Waals surface area contributed by atoms with Gasteiger partial charge in [-0.2, -0.15) is 17.2 Å². The number of pyridine rings is 2. The first kappa shape index (κ1) is 65.3. The molecule has 17 nitrogen and oxygen atoms in total. The number of halogens is 9. The number of fused-ring (bicyclic) bond motifs is 2. The third kappa shape index (κ3) is 15.8. The first-order valence-corrected chi connectivity index (χ1v) is 25.3. The molecule has 0 unspecified atom stereocenters. The number of sulfone groups is 1. The van der Waals surface area contributed by atoms with Crippen LogP contribution in [-0.2, 0) is 35.4 Å². The van der Waals surface area contributed by atoms with Crippen LogP contribution in [0.15, 0.2) is 106 Å². The quantitative estimate of drug-likeness (QED) is 0.0371. The maximum atomic E-state index is 14.1. The van der Waals surface area contributed by atoms with E-state index in [0.717, 1.165) is 18.2 Å². The van der Waals surface area contributed by atoms with Crippen LogP contribution in [0.25, 0.3) is 44.1 Å². The molecule has 0 bridgehead atoms. The van der Waals surface area contributed by atoms with Crippen molar-refractivity contribution in [3.05, 3.63) is 152 Å². The van der Waals surface area contributed by atoms with Crippen molar-refractivity contribution >= 4 is 99.0 Å². The standard InChI is InChI=1S/C22H10ClF6NO4S.C19H13ClFN3O3S2.C2H3N3S.CH2O3.2Cs.H/c1-33-15-8-13(23)14(24)7-12(15)21-11-3-2-10(6-9(11)4-5-30-21)35(31,32)34-22-19(28)17(26)16(25)18(27)20(22)29;1-27-17-8-15(20)16(21)7-14(17)19-13-3-2-12(6-11(13)4-5-22-19)29(25,26)9-18-24-23-10-28-18;3-2-5-4-1-6-2;2-1-4-3;;;/h2-8H,1H3;2-8,10H,9H2,1H3;1H,(H2,3,5);1,3H;;;/q;;;;2*+1;-1/p-1. The molecular formula is C44H28Cl2Cs2F7N7O10S4. The number of aromatic nitrogens is 6. The summed E-state index contributed by atoms with van der Waals surface area (Å²) in [6, 6.07) is 15.9. The molecule has 0 aliphatic carbocycles. The Morgan fingerprint density at radius 3 is 1.51 bits per heavy atom. The van der Waals surface area contributed by atoms with Gasteiger partial charge in [-0.25, -0.2) is 30.4 Å². The van der Waals surface area contributed by atoms with Crippen molar-refractivity contribution in [2.45, 2.75) is 15.5 Å². The van der Waals surface area contributed by atoms with E-state index in [2.05, 4.69) is 39.4 Å². The van der Waals surface area contributed by atoms with Crippen molar-refractivity contribution in [1.82, 2.24) is 30.4 Å². The van der Waals surface area contributed by atoms with Crippen molar-refractivity contribution in [2.75, 3.05) is 20.0 Å². The van der Waals surface area contributed by atoms with E-state index < -0.39 is 71.3 Å². The van der Waals surface area contributed by atoms with Gasteiger partial charge in [0.05, 0.1) is 40.5 Å². The minimum Gasteiger partial charge on any atom is -1.00 e. The number of ether oxygens (including phenoxy) is 2. The number of hydrogen-bond acceptors (Lipinski definition) is 19. The molecule has 0 aliphatic rings. The fourth-order valence-corrected chi connectivity index (χ4v) is 10.1. The summed E-state index contributed by atoms with van der Waals surface area (Å²) in [4.78, 5) is 19.3. The molecular weight excluding hydrogens is 1380 g/mol. The number of anilines is 1. The number of carbonyl (C=O) groups is 1. The monoisotopic (exact) mass is 1410 g/mol. The zero-order valence-corrected chi connectivity index (χ0v) is 56.2. The van der Waals surface area contributed by atoms with Crippen LogP contribution in [0.2, 0.25) is 10.0 Å². The topological polar surface area (TPSA) is 249 Å². The van der Waals surface area contributed by atoms with E-state index in [0.29, 0.717) is 43.3 Å². The molecule has 0 saturated heterocycles. The van der Waals surface area contributed by atoms with Gasteiger partial charge < -0.3 is 31.0 Å². The Morgan fingerprint density at radius 1 is 0.658 bits per heavy atom. The van der Waals surface area contributed by atoms with Gasteiger partial charge in [0.2, 0.25) is 40.0 Å². The van der Waals surface area contributed by atoms with Crippen molar-refractivity contribution in [2.24, 2.45) is 0 Å². The number of hydrogen-bond donors (Lipinski definition) is 1. The second kappa shape index (κ2) is 29.3. The van der Waals surface area contributed by atoms with Crippen LogP contribution in [0.3, 0.4) is 0 Å². The van der Waals surface area contributed by atoms with Gasteiger partial charge in [-0.1, -0.05) is 46.7 Å². The van der Waals surface area contributed by atoms with Crippen LogP contribution < -0.4 is 162 Å². The normalized spacial score (nSPS) is 10.8. The Hall–Kier alpha value is -3.24. The summed E-state index contributed by atoms with van der Waals surface area (Å²) in [6.07, 6.45) is 2.80. The Kier molecular flexibility index (Phi) is 25.2. The first-order chi connectivity index (χ1) is 35.2. The number of carbonyl (C=O) groups excluding carboxylic acids is 1. The van der Waals surface area contributed by atoms with Crippen LogP contribution in [0.4, 0.5) is 35.9 Å². The molecule has 4 aromatic heterocycles. The van der Waals surface area contributed by atoms with Crippen LogP contribution in [0.1, 0.15) is 6.43 Å². The van der Waals surface area contributed by atoms with Gasteiger partial charge in [0.15, 0.2) is 9.84 Å². The molecule has 76 heavy (non-hydrogen) atoms. The smallest absolute Gasteiger partial charge is 1.00 e. The van der Waals surface area contributed by atoms with E-state index in [4.69, 9.17) is 48.5 Å².